The number of ether oxygens (including phenoxy) is 1. The van der Waals surface area contributed by atoms with Crippen LogP contribution in [0, 0.1) is 0 Å². The monoisotopic (exact) mass is 276 g/mol. The van der Waals surface area contributed by atoms with Gasteiger partial charge in [-0.1, -0.05) is 11.6 Å². The van der Waals surface area contributed by atoms with Crippen molar-refractivity contribution in [3.8, 4) is 0 Å². The number of nitrogens with one attached hydrogen (secondary N) is 1. The van der Waals surface area contributed by atoms with Gasteiger partial charge >= 0.3 is 0 Å². The van der Waals surface area contributed by atoms with Crippen molar-refractivity contribution in [2.45, 2.75) is 23.8 Å². The van der Waals surface area contributed by atoms with E-state index in [1.165, 1.54) is 18.3 Å². The fourth-order valence-electron chi connectivity index (χ4n) is 1.61. The van der Waals surface area contributed by atoms with Gasteiger partial charge < -0.3 is 4.74 Å². The summed E-state index contributed by atoms with van der Waals surface area (Å²) in [5.41, 5.74) is 0. The molecule has 2 heterocycles. The van der Waals surface area contributed by atoms with E-state index in [4.69, 9.17) is 16.3 Å². The summed E-state index contributed by atoms with van der Waals surface area (Å²) in [7, 11) is -3.52. The van der Waals surface area contributed by atoms with Gasteiger partial charge in [0.25, 0.3) is 0 Å². The van der Waals surface area contributed by atoms with Gasteiger partial charge in [-0.3, -0.25) is 0 Å². The van der Waals surface area contributed by atoms with Gasteiger partial charge in [-0.05, 0) is 25.0 Å². The van der Waals surface area contributed by atoms with Crippen LogP contribution >= 0.6 is 11.6 Å². The molecule has 5 nitrogen and oxygen atoms in total. The Morgan fingerprint density at radius 1 is 1.53 bits per heavy atom. The van der Waals surface area contributed by atoms with E-state index in [1.807, 2.05) is 0 Å². The maximum atomic E-state index is 11.9. The maximum absolute atomic E-state index is 11.9. The lowest BCUT2D eigenvalue weighted by atomic mass is 10.2. The van der Waals surface area contributed by atoms with E-state index in [9.17, 15) is 8.42 Å². The molecule has 1 aliphatic rings. The number of hydrogen-bond acceptors (Lipinski definition) is 4. The molecule has 7 heteroatoms. The fraction of sp³-hybridized carbons (Fsp3) is 0.500. The molecule has 0 unspecified atom stereocenters. The van der Waals surface area contributed by atoms with Crippen molar-refractivity contribution in [1.82, 2.24) is 9.71 Å². The Balaban J connectivity index is 2.00. The average molecular weight is 277 g/mol. The van der Waals surface area contributed by atoms with Crippen molar-refractivity contribution < 1.29 is 13.2 Å². The third-order valence-corrected chi connectivity index (χ3v) is 4.17. The SMILES string of the molecule is O=S(=O)(NC[C@H]1CCCO1)c1ccc(Cl)nc1. The molecule has 1 fully saturated rings. The van der Waals surface area contributed by atoms with Crippen LogP contribution in [0.4, 0.5) is 0 Å². The van der Waals surface area contributed by atoms with Crippen LogP contribution in [0.3, 0.4) is 0 Å². The predicted octanol–water partition coefficient (Wildman–Crippen LogP) is 1.19. The lowest BCUT2D eigenvalue weighted by Gasteiger charge is -2.11. The van der Waals surface area contributed by atoms with E-state index in [1.54, 1.807) is 0 Å². The molecule has 17 heavy (non-hydrogen) atoms. The summed E-state index contributed by atoms with van der Waals surface area (Å²) in [6, 6.07) is 2.87. The molecular weight excluding hydrogens is 264 g/mol. The summed E-state index contributed by atoms with van der Waals surface area (Å²) in [6.45, 7) is 1.000. The van der Waals surface area contributed by atoms with E-state index >= 15 is 0 Å². The number of aromatic nitrogens is 1. The summed E-state index contributed by atoms with van der Waals surface area (Å²) >= 11 is 5.60. The first-order chi connectivity index (χ1) is 8.08. The largest absolute Gasteiger partial charge is 0.377 e. The first-order valence-electron chi connectivity index (χ1n) is 5.31. The van der Waals surface area contributed by atoms with Crippen LogP contribution in [-0.4, -0.2) is 32.7 Å². The highest BCUT2D eigenvalue weighted by atomic mass is 35.5. The van der Waals surface area contributed by atoms with Gasteiger partial charge in [0.05, 0.1) is 6.10 Å². The smallest absolute Gasteiger partial charge is 0.242 e. The van der Waals surface area contributed by atoms with Gasteiger partial charge in [-0.15, -0.1) is 0 Å². The van der Waals surface area contributed by atoms with Crippen molar-refractivity contribution in [2.75, 3.05) is 13.2 Å². The van der Waals surface area contributed by atoms with E-state index < -0.39 is 10.0 Å². The van der Waals surface area contributed by atoms with Crippen LogP contribution in [-0.2, 0) is 14.8 Å². The lowest BCUT2D eigenvalue weighted by molar-refractivity contribution is 0.114. The summed E-state index contributed by atoms with van der Waals surface area (Å²) < 4.78 is 31.5. The van der Waals surface area contributed by atoms with Gasteiger partial charge in [-0.2, -0.15) is 0 Å². The molecule has 1 aliphatic heterocycles. The number of hydrogen-bond donors (Lipinski definition) is 1. The third-order valence-electron chi connectivity index (χ3n) is 2.54. The minimum atomic E-state index is -3.52. The maximum Gasteiger partial charge on any atom is 0.242 e. The van der Waals surface area contributed by atoms with Gasteiger partial charge in [0.2, 0.25) is 10.0 Å². The standard InChI is InChI=1S/C10H13ClN2O3S/c11-10-4-3-9(7-12-10)17(14,15)13-6-8-2-1-5-16-8/h3-4,7-8,13H,1-2,5-6H2/t8-/m1/s1. The van der Waals surface area contributed by atoms with Crippen molar-refractivity contribution in [2.24, 2.45) is 0 Å². The average Bonchev–Trinajstić information content (AvgIpc) is 2.80. The minimum absolute atomic E-state index is 0.0231. The van der Waals surface area contributed by atoms with Crippen molar-refractivity contribution in [3.05, 3.63) is 23.5 Å². The zero-order valence-corrected chi connectivity index (χ0v) is 10.7. The Bertz CT molecular complexity index is 469. The molecule has 94 valence electrons. The van der Waals surface area contributed by atoms with Gasteiger partial charge in [-0.25, -0.2) is 18.1 Å². The Morgan fingerprint density at radius 2 is 2.35 bits per heavy atom. The predicted molar refractivity (Wildman–Crippen MR) is 63.4 cm³/mol. The molecule has 0 aromatic carbocycles. The van der Waals surface area contributed by atoms with E-state index in [0.717, 1.165) is 12.8 Å². The van der Waals surface area contributed by atoms with Crippen LogP contribution in [0.25, 0.3) is 0 Å². The van der Waals surface area contributed by atoms with E-state index in [0.29, 0.717) is 13.2 Å². The van der Waals surface area contributed by atoms with Crippen LogP contribution in [0.5, 0.6) is 0 Å². The molecular formula is C10H13ClN2O3S. The number of sulfonamides is 1. The summed E-state index contributed by atoms with van der Waals surface area (Å²) in [5, 5.41) is 0.267. The zero-order chi connectivity index (χ0) is 12.3. The highest BCUT2D eigenvalue weighted by molar-refractivity contribution is 7.89. The third kappa shape index (κ3) is 3.38. The molecule has 0 radical (unpaired) electrons. The molecule has 2 rings (SSSR count). The molecule has 1 aromatic heterocycles. The summed E-state index contributed by atoms with van der Waals surface area (Å²) in [5.74, 6) is 0. The second-order valence-corrected chi connectivity index (χ2v) is 5.96. The first kappa shape index (κ1) is 12.8. The topological polar surface area (TPSA) is 68.3 Å². The van der Waals surface area contributed by atoms with Gasteiger partial charge in [0, 0.05) is 19.3 Å². The molecule has 1 aromatic rings. The number of pyridine rings is 1. The van der Waals surface area contributed by atoms with E-state index in [2.05, 4.69) is 9.71 Å². The highest BCUT2D eigenvalue weighted by Crippen LogP contribution is 2.13. The second-order valence-electron chi connectivity index (χ2n) is 3.80. The van der Waals surface area contributed by atoms with Gasteiger partial charge in [0.1, 0.15) is 10.0 Å². The number of rotatable bonds is 4. The van der Waals surface area contributed by atoms with Crippen LogP contribution < -0.4 is 4.72 Å². The molecule has 0 aliphatic carbocycles. The Hall–Kier alpha value is -0.690. The molecule has 0 spiro atoms. The van der Waals surface area contributed by atoms with E-state index in [-0.39, 0.29) is 16.2 Å². The first-order valence-corrected chi connectivity index (χ1v) is 7.17. The quantitative estimate of drug-likeness (QED) is 0.839. The Morgan fingerprint density at radius 3 is 2.94 bits per heavy atom. The minimum Gasteiger partial charge on any atom is -0.377 e. The highest BCUT2D eigenvalue weighted by Gasteiger charge is 2.20. The number of halogens is 1. The fourth-order valence-corrected chi connectivity index (χ4v) is 2.73. The zero-order valence-electron chi connectivity index (χ0n) is 9.10. The molecule has 1 saturated heterocycles. The summed E-state index contributed by atoms with van der Waals surface area (Å²) in [6.07, 6.45) is 3.08. The Kier molecular flexibility index (Phi) is 3.98. The van der Waals surface area contributed by atoms with Crippen molar-refractivity contribution in [3.63, 3.8) is 0 Å². The molecule has 1 N–H and O–H groups in total. The molecule has 0 bridgehead atoms. The van der Waals surface area contributed by atoms with Gasteiger partial charge in [0.15, 0.2) is 0 Å². The lowest BCUT2D eigenvalue weighted by Crippen LogP contribution is -2.31. The van der Waals surface area contributed by atoms with Crippen molar-refractivity contribution in [1.29, 1.82) is 0 Å². The number of nitrogens with zero attached hydrogens (tertiary/aromatic N) is 1. The summed E-state index contributed by atoms with van der Waals surface area (Å²) in [4.78, 5) is 3.85. The van der Waals surface area contributed by atoms with Crippen LogP contribution in [0.1, 0.15) is 12.8 Å². The molecule has 1 atom stereocenters. The molecule has 0 amide bonds. The molecule has 0 saturated carbocycles. The second kappa shape index (κ2) is 5.30. The Labute approximate surface area is 105 Å². The van der Waals surface area contributed by atoms with Crippen LogP contribution in [0.2, 0.25) is 5.15 Å². The van der Waals surface area contributed by atoms with Crippen LogP contribution in [0.15, 0.2) is 23.2 Å². The van der Waals surface area contributed by atoms with Crippen molar-refractivity contribution >= 4 is 21.6 Å². The normalized spacial score (nSPS) is 20.6.